The number of carbonyl (C=O) groups is 2. The molecule has 1 N–H and O–H groups in total. The van der Waals surface area contributed by atoms with Crippen LogP contribution in [0.3, 0.4) is 0 Å². The summed E-state index contributed by atoms with van der Waals surface area (Å²) in [6, 6.07) is -0.0829. The number of hydrogen-bond acceptors (Lipinski definition) is 7. The molecular formula is C34H65N3O5S. The van der Waals surface area contributed by atoms with Crippen LogP contribution in [0.5, 0.6) is 0 Å². The number of amides is 2. The lowest BCUT2D eigenvalue weighted by Gasteiger charge is -2.29. The summed E-state index contributed by atoms with van der Waals surface area (Å²) in [6.45, 7) is 8.65. The summed E-state index contributed by atoms with van der Waals surface area (Å²) in [6.07, 6.45) is 23.6. The minimum absolute atomic E-state index is 0.0829. The van der Waals surface area contributed by atoms with Crippen LogP contribution in [0, 0.1) is 0 Å². The summed E-state index contributed by atoms with van der Waals surface area (Å²) in [5.74, 6) is 1.02. The molecule has 0 bridgehead atoms. The molecule has 1 atom stereocenters. The monoisotopic (exact) mass is 627 g/mol. The molecule has 0 saturated carbocycles. The van der Waals surface area contributed by atoms with Gasteiger partial charge in [-0.1, -0.05) is 103 Å². The number of unbranched alkanes of at least 4 members (excludes halogenated alkanes) is 16. The molecule has 0 aliphatic carbocycles. The van der Waals surface area contributed by atoms with E-state index >= 15 is 0 Å². The fourth-order valence-electron chi connectivity index (χ4n) is 5.13. The highest BCUT2D eigenvalue weighted by Crippen LogP contribution is 2.16. The smallest absolute Gasteiger partial charge is 0.410 e. The molecule has 9 heteroatoms. The Balaban J connectivity index is 2.14. The van der Waals surface area contributed by atoms with Crippen LogP contribution in [-0.2, 0) is 14.2 Å². The van der Waals surface area contributed by atoms with Gasteiger partial charge in [-0.15, -0.1) is 11.8 Å². The molecule has 1 aliphatic heterocycles. The van der Waals surface area contributed by atoms with Gasteiger partial charge in [0.25, 0.3) is 0 Å². The van der Waals surface area contributed by atoms with Gasteiger partial charge in [0.05, 0.1) is 25.6 Å². The Kier molecular flexibility index (Phi) is 25.6. The number of nitrogens with one attached hydrogen (secondary N) is 1. The predicted octanol–water partition coefficient (Wildman–Crippen LogP) is 9.09. The summed E-state index contributed by atoms with van der Waals surface area (Å²) in [7, 11) is 1.53. The number of ether oxygens (including phenoxy) is 3. The number of alkyl carbamates (subject to hydrolysis) is 1. The summed E-state index contributed by atoms with van der Waals surface area (Å²) in [5, 5.41) is 4.61. The minimum Gasteiger partial charge on any atom is -0.449 e. The van der Waals surface area contributed by atoms with Gasteiger partial charge in [-0.25, -0.2) is 9.59 Å². The molecule has 0 fully saturated rings. The van der Waals surface area contributed by atoms with E-state index in [-0.39, 0.29) is 25.3 Å². The molecule has 0 spiro atoms. The van der Waals surface area contributed by atoms with Gasteiger partial charge >= 0.3 is 12.2 Å². The van der Waals surface area contributed by atoms with Gasteiger partial charge in [0.15, 0.2) is 0 Å². The van der Waals surface area contributed by atoms with E-state index in [1.165, 1.54) is 96.9 Å². The Morgan fingerprint density at radius 2 is 1.40 bits per heavy atom. The Hall–Kier alpha value is -1.61. The first kappa shape index (κ1) is 39.4. The van der Waals surface area contributed by atoms with Gasteiger partial charge in [0.1, 0.15) is 6.10 Å². The molecule has 1 heterocycles. The van der Waals surface area contributed by atoms with Gasteiger partial charge in [0.2, 0.25) is 0 Å². The third-order valence-corrected chi connectivity index (χ3v) is 8.65. The fourth-order valence-corrected chi connectivity index (χ4v) is 5.88. The van der Waals surface area contributed by atoms with Crippen molar-refractivity contribution in [2.24, 2.45) is 0 Å². The first-order valence-corrected chi connectivity index (χ1v) is 18.4. The predicted molar refractivity (Wildman–Crippen MR) is 180 cm³/mol. The third kappa shape index (κ3) is 22.5. The van der Waals surface area contributed by atoms with Gasteiger partial charge in [0, 0.05) is 32.4 Å². The molecule has 0 saturated heterocycles. The molecule has 0 aromatic rings. The van der Waals surface area contributed by atoms with Crippen molar-refractivity contribution in [2.75, 3.05) is 45.8 Å². The van der Waals surface area contributed by atoms with Crippen LogP contribution in [0.15, 0.2) is 11.6 Å². The van der Waals surface area contributed by atoms with Gasteiger partial charge < -0.3 is 29.3 Å². The highest BCUT2D eigenvalue weighted by atomic mass is 32.2. The van der Waals surface area contributed by atoms with Crippen molar-refractivity contribution in [1.29, 1.82) is 0 Å². The number of rotatable bonds is 28. The SMILES string of the molecule is CCCCCCCCCCCCCCCCCCOC(=O)N(C[C@@H](COCCCCN1C=CSC1)OC(=O)NC)C(C)C. The molecular weight excluding hydrogens is 562 g/mol. The second-order valence-corrected chi connectivity index (χ2v) is 13.0. The van der Waals surface area contributed by atoms with Crippen molar-refractivity contribution >= 4 is 23.9 Å². The van der Waals surface area contributed by atoms with E-state index in [4.69, 9.17) is 14.2 Å². The minimum atomic E-state index is -0.566. The average molecular weight is 628 g/mol. The number of nitrogens with zero attached hydrogens (tertiary/aromatic N) is 2. The Bertz CT molecular complexity index is 710. The van der Waals surface area contributed by atoms with Crippen molar-refractivity contribution in [3.8, 4) is 0 Å². The standard InChI is InChI=1S/C34H65N3O5S/c1-5-6-7-8-9-10-11-12-13-14-15-16-17-18-19-21-26-41-34(39)37(31(2)3)28-32(42-33(38)35-4)29-40-25-22-20-23-36-24-27-43-30-36/h24,27,31-32H,5-23,25-26,28-30H2,1-4H3,(H,35,38)/t32-/m0/s1. The Morgan fingerprint density at radius 1 is 0.837 bits per heavy atom. The van der Waals surface area contributed by atoms with Crippen LogP contribution in [-0.4, -0.2) is 80.0 Å². The Labute approximate surface area is 268 Å². The van der Waals surface area contributed by atoms with Crippen molar-refractivity contribution < 1.29 is 23.8 Å². The van der Waals surface area contributed by atoms with Crippen molar-refractivity contribution in [3.05, 3.63) is 11.6 Å². The van der Waals surface area contributed by atoms with Crippen molar-refractivity contribution in [2.45, 2.75) is 148 Å². The lowest BCUT2D eigenvalue weighted by atomic mass is 10.0. The van der Waals surface area contributed by atoms with E-state index in [0.717, 1.165) is 38.1 Å². The zero-order chi connectivity index (χ0) is 31.4. The third-order valence-electron chi connectivity index (χ3n) is 7.86. The zero-order valence-corrected chi connectivity index (χ0v) is 28.9. The highest BCUT2D eigenvalue weighted by Gasteiger charge is 2.25. The van der Waals surface area contributed by atoms with Crippen LogP contribution in [0.4, 0.5) is 9.59 Å². The molecule has 8 nitrogen and oxygen atoms in total. The molecule has 0 radical (unpaired) electrons. The number of carbonyl (C=O) groups excluding carboxylic acids is 2. The molecule has 252 valence electrons. The van der Waals surface area contributed by atoms with Gasteiger partial charge in [-0.05, 0) is 38.5 Å². The van der Waals surface area contributed by atoms with E-state index in [2.05, 4.69) is 28.7 Å². The maximum Gasteiger partial charge on any atom is 0.410 e. The molecule has 1 rings (SSSR count). The molecule has 0 aromatic heterocycles. The molecule has 1 aliphatic rings. The van der Waals surface area contributed by atoms with Crippen molar-refractivity contribution in [1.82, 2.24) is 15.1 Å². The molecule has 0 unspecified atom stereocenters. The van der Waals surface area contributed by atoms with Crippen LogP contribution in [0.2, 0.25) is 0 Å². The van der Waals surface area contributed by atoms with E-state index in [1.807, 2.05) is 13.8 Å². The quantitative estimate of drug-likeness (QED) is 0.0867. The summed E-state index contributed by atoms with van der Waals surface area (Å²) in [4.78, 5) is 28.7. The molecule has 2 amide bonds. The van der Waals surface area contributed by atoms with Crippen LogP contribution in [0.1, 0.15) is 136 Å². The topological polar surface area (TPSA) is 80.3 Å². The normalized spacial score (nSPS) is 13.5. The fraction of sp³-hybridized carbons (Fsp3) is 0.882. The summed E-state index contributed by atoms with van der Waals surface area (Å²) < 4.78 is 17.0. The summed E-state index contributed by atoms with van der Waals surface area (Å²) >= 11 is 1.80. The first-order chi connectivity index (χ1) is 21.0. The average Bonchev–Trinajstić information content (AvgIpc) is 3.52. The maximum absolute atomic E-state index is 12.9. The summed E-state index contributed by atoms with van der Waals surface area (Å²) in [5.41, 5.74) is 0. The van der Waals surface area contributed by atoms with Gasteiger partial charge in [-0.2, -0.15) is 0 Å². The van der Waals surface area contributed by atoms with E-state index < -0.39 is 12.2 Å². The van der Waals surface area contributed by atoms with Crippen LogP contribution >= 0.6 is 11.8 Å². The lowest BCUT2D eigenvalue weighted by molar-refractivity contribution is -0.00366. The Morgan fingerprint density at radius 3 is 1.91 bits per heavy atom. The van der Waals surface area contributed by atoms with E-state index in [0.29, 0.717) is 13.2 Å². The number of thioether (sulfide) groups is 1. The molecule has 0 aromatic carbocycles. The van der Waals surface area contributed by atoms with Crippen LogP contribution < -0.4 is 5.32 Å². The van der Waals surface area contributed by atoms with Crippen molar-refractivity contribution in [3.63, 3.8) is 0 Å². The molecule has 43 heavy (non-hydrogen) atoms. The van der Waals surface area contributed by atoms with Crippen LogP contribution in [0.25, 0.3) is 0 Å². The second-order valence-electron chi connectivity index (χ2n) is 12.1. The van der Waals surface area contributed by atoms with E-state index in [9.17, 15) is 9.59 Å². The van der Waals surface area contributed by atoms with E-state index in [1.54, 1.807) is 16.7 Å². The number of hydrogen-bond donors (Lipinski definition) is 1. The zero-order valence-electron chi connectivity index (χ0n) is 28.1. The highest BCUT2D eigenvalue weighted by molar-refractivity contribution is 8.02. The lowest BCUT2D eigenvalue weighted by Crippen LogP contribution is -2.46. The largest absolute Gasteiger partial charge is 0.449 e. The second kappa shape index (κ2) is 27.9. The maximum atomic E-state index is 12.9. The van der Waals surface area contributed by atoms with Gasteiger partial charge in [-0.3, -0.25) is 0 Å². The first-order valence-electron chi connectivity index (χ1n) is 17.4.